The third-order valence-corrected chi connectivity index (χ3v) is 3.68. The molecule has 1 fully saturated rings. The molecule has 1 aliphatic heterocycles. The minimum atomic E-state index is 0. The number of hydrogen-bond donors (Lipinski definition) is 2. The van der Waals surface area contributed by atoms with Gasteiger partial charge in [-0.25, -0.2) is 0 Å². The number of methoxy groups -OCH3 is 2. The van der Waals surface area contributed by atoms with Crippen molar-refractivity contribution in [1.29, 1.82) is 0 Å². The highest BCUT2D eigenvalue weighted by Crippen LogP contribution is 2.24. The number of benzene rings is 1. The molecule has 3 N–H and O–H groups in total. The number of hydrogen-bond acceptors (Lipinski definition) is 4. The molecule has 0 spiro atoms. The summed E-state index contributed by atoms with van der Waals surface area (Å²) in [7, 11) is 5.03. The van der Waals surface area contributed by atoms with Crippen LogP contribution in [0.4, 0.5) is 0 Å². The van der Waals surface area contributed by atoms with E-state index in [9.17, 15) is 0 Å². The van der Waals surface area contributed by atoms with Crippen LogP contribution in [-0.2, 0) is 6.54 Å². The molecule has 0 saturated carbocycles. The Morgan fingerprint density at radius 2 is 1.95 bits per heavy atom. The van der Waals surface area contributed by atoms with Crippen molar-refractivity contribution in [3.63, 3.8) is 0 Å². The Hall–Kier alpha value is -1.22. The lowest BCUT2D eigenvalue weighted by atomic mass is 10.2. The largest absolute Gasteiger partial charge is 0.497 e. The van der Waals surface area contributed by atoms with Crippen LogP contribution < -0.4 is 20.5 Å². The zero-order chi connectivity index (χ0) is 15.2. The summed E-state index contributed by atoms with van der Waals surface area (Å²) in [6.45, 7) is 2.86. The van der Waals surface area contributed by atoms with E-state index in [0.29, 0.717) is 12.0 Å². The average molecular weight is 420 g/mol. The number of nitrogens with zero attached hydrogens (tertiary/aromatic N) is 2. The van der Waals surface area contributed by atoms with Gasteiger partial charge < -0.3 is 20.5 Å². The highest BCUT2D eigenvalue weighted by molar-refractivity contribution is 14.0. The van der Waals surface area contributed by atoms with Gasteiger partial charge in [0.15, 0.2) is 5.96 Å². The Morgan fingerprint density at radius 3 is 2.50 bits per heavy atom. The maximum Gasteiger partial charge on any atom is 0.188 e. The second-order valence-corrected chi connectivity index (χ2v) is 5.19. The van der Waals surface area contributed by atoms with Crippen LogP contribution in [0.5, 0.6) is 11.5 Å². The fourth-order valence-electron chi connectivity index (χ4n) is 2.58. The first-order valence-electron chi connectivity index (χ1n) is 7.07. The summed E-state index contributed by atoms with van der Waals surface area (Å²) in [5.41, 5.74) is 6.90. The van der Waals surface area contributed by atoms with Crippen LogP contribution in [0, 0.1) is 0 Å². The molecule has 1 unspecified atom stereocenters. The smallest absolute Gasteiger partial charge is 0.188 e. The second-order valence-electron chi connectivity index (χ2n) is 5.19. The van der Waals surface area contributed by atoms with Crippen LogP contribution >= 0.6 is 24.0 Å². The van der Waals surface area contributed by atoms with E-state index in [1.165, 1.54) is 5.56 Å². The quantitative estimate of drug-likeness (QED) is 0.429. The highest BCUT2D eigenvalue weighted by atomic mass is 127. The molecule has 1 atom stereocenters. The van der Waals surface area contributed by atoms with E-state index in [2.05, 4.69) is 15.2 Å². The summed E-state index contributed by atoms with van der Waals surface area (Å²) in [5.74, 6) is 2.14. The lowest BCUT2D eigenvalue weighted by molar-refractivity contribution is 0.322. The van der Waals surface area contributed by atoms with Gasteiger partial charge in [-0.15, -0.1) is 24.0 Å². The van der Waals surface area contributed by atoms with Gasteiger partial charge in [0.25, 0.3) is 0 Å². The number of nitrogens with two attached hydrogens (primary N) is 1. The van der Waals surface area contributed by atoms with Gasteiger partial charge >= 0.3 is 0 Å². The maximum absolute atomic E-state index is 5.71. The van der Waals surface area contributed by atoms with E-state index in [0.717, 1.165) is 37.6 Å². The van der Waals surface area contributed by atoms with Gasteiger partial charge in [0.1, 0.15) is 11.5 Å². The molecule has 1 aromatic rings. The molecule has 22 heavy (non-hydrogen) atoms. The van der Waals surface area contributed by atoms with Gasteiger partial charge in [-0.3, -0.25) is 9.89 Å². The first-order valence-corrected chi connectivity index (χ1v) is 7.07. The number of ether oxygens (including phenoxy) is 2. The van der Waals surface area contributed by atoms with Gasteiger partial charge in [-0.1, -0.05) is 0 Å². The van der Waals surface area contributed by atoms with Crippen molar-refractivity contribution >= 4 is 29.9 Å². The first kappa shape index (κ1) is 18.8. The van der Waals surface area contributed by atoms with E-state index >= 15 is 0 Å². The fourth-order valence-corrected chi connectivity index (χ4v) is 2.58. The van der Waals surface area contributed by atoms with Crippen molar-refractivity contribution < 1.29 is 9.47 Å². The number of halogens is 1. The minimum absolute atomic E-state index is 0. The highest BCUT2D eigenvalue weighted by Gasteiger charge is 2.22. The average Bonchev–Trinajstić information content (AvgIpc) is 2.93. The van der Waals surface area contributed by atoms with Crippen LogP contribution in [0.2, 0.25) is 0 Å². The Morgan fingerprint density at radius 1 is 1.32 bits per heavy atom. The van der Waals surface area contributed by atoms with Gasteiger partial charge in [0, 0.05) is 38.8 Å². The Kier molecular flexibility index (Phi) is 7.74. The van der Waals surface area contributed by atoms with E-state index in [-0.39, 0.29) is 24.0 Å². The molecule has 124 valence electrons. The number of rotatable bonds is 5. The second kappa shape index (κ2) is 9.04. The molecular formula is C15H25IN4O2. The van der Waals surface area contributed by atoms with E-state index in [4.69, 9.17) is 15.2 Å². The van der Waals surface area contributed by atoms with Crippen LogP contribution in [0.15, 0.2) is 23.2 Å². The molecule has 0 amide bonds. The van der Waals surface area contributed by atoms with Crippen molar-refractivity contribution in [3.05, 3.63) is 23.8 Å². The first-order chi connectivity index (χ1) is 10.1. The zero-order valence-corrected chi connectivity index (χ0v) is 15.7. The lowest BCUT2D eigenvalue weighted by Crippen LogP contribution is -2.41. The van der Waals surface area contributed by atoms with E-state index in [1.54, 1.807) is 21.3 Å². The molecule has 6 nitrogen and oxygen atoms in total. The third-order valence-electron chi connectivity index (χ3n) is 3.68. The standard InChI is InChI=1S/C15H24N4O2.HI/c1-17-15(16)18-12-4-5-19(10-12)9-11-6-13(20-2)8-14(7-11)21-3;/h6-8,12H,4-5,9-10H2,1-3H3,(H3,16,17,18);1H. The summed E-state index contributed by atoms with van der Waals surface area (Å²) in [6.07, 6.45) is 1.07. The topological polar surface area (TPSA) is 72.1 Å². The molecular weight excluding hydrogens is 395 g/mol. The third kappa shape index (κ3) is 5.20. The predicted octanol–water partition coefficient (Wildman–Crippen LogP) is 1.43. The molecule has 1 heterocycles. The molecule has 0 radical (unpaired) electrons. The monoisotopic (exact) mass is 420 g/mol. The number of likely N-dealkylation sites (tertiary alicyclic amines) is 1. The summed E-state index contributed by atoms with van der Waals surface area (Å²) in [4.78, 5) is 6.32. The van der Waals surface area contributed by atoms with Crippen molar-refractivity contribution in [1.82, 2.24) is 10.2 Å². The minimum Gasteiger partial charge on any atom is -0.497 e. The molecule has 0 bridgehead atoms. The molecule has 1 aromatic carbocycles. The lowest BCUT2D eigenvalue weighted by Gasteiger charge is -2.18. The van der Waals surface area contributed by atoms with E-state index < -0.39 is 0 Å². The van der Waals surface area contributed by atoms with Crippen LogP contribution in [0.3, 0.4) is 0 Å². The molecule has 0 aromatic heterocycles. The zero-order valence-electron chi connectivity index (χ0n) is 13.3. The van der Waals surface area contributed by atoms with E-state index in [1.807, 2.05) is 18.2 Å². The molecule has 1 aliphatic rings. The van der Waals surface area contributed by atoms with Gasteiger partial charge in [-0.2, -0.15) is 0 Å². The Bertz CT molecular complexity index is 488. The molecule has 2 rings (SSSR count). The number of guanidine groups is 1. The fraction of sp³-hybridized carbons (Fsp3) is 0.533. The maximum atomic E-state index is 5.71. The molecule has 1 saturated heterocycles. The van der Waals surface area contributed by atoms with Gasteiger partial charge in [0.05, 0.1) is 14.2 Å². The number of nitrogens with one attached hydrogen (secondary N) is 1. The molecule has 7 heteroatoms. The SMILES string of the molecule is CN=C(N)NC1CCN(Cc2cc(OC)cc(OC)c2)C1.I. The van der Waals surface area contributed by atoms with Crippen molar-refractivity contribution in [2.45, 2.75) is 19.0 Å². The van der Waals surface area contributed by atoms with Crippen LogP contribution in [-0.4, -0.2) is 51.3 Å². The summed E-state index contributed by atoms with van der Waals surface area (Å²) in [6, 6.07) is 6.34. The van der Waals surface area contributed by atoms with Crippen molar-refractivity contribution in [3.8, 4) is 11.5 Å². The van der Waals surface area contributed by atoms with Crippen molar-refractivity contribution in [2.75, 3.05) is 34.4 Å². The van der Waals surface area contributed by atoms with Gasteiger partial charge in [-0.05, 0) is 24.1 Å². The molecule has 0 aliphatic carbocycles. The Labute approximate surface area is 149 Å². The van der Waals surface area contributed by atoms with Crippen LogP contribution in [0.25, 0.3) is 0 Å². The normalized spacial score (nSPS) is 18.7. The summed E-state index contributed by atoms with van der Waals surface area (Å²) >= 11 is 0. The van der Waals surface area contributed by atoms with Crippen LogP contribution in [0.1, 0.15) is 12.0 Å². The number of aliphatic imine (C=N–C) groups is 1. The van der Waals surface area contributed by atoms with Gasteiger partial charge in [0.2, 0.25) is 0 Å². The van der Waals surface area contributed by atoms with Crippen molar-refractivity contribution in [2.24, 2.45) is 10.7 Å². The summed E-state index contributed by atoms with van der Waals surface area (Å²) in [5, 5.41) is 3.23. The summed E-state index contributed by atoms with van der Waals surface area (Å²) < 4.78 is 10.6. The predicted molar refractivity (Wildman–Crippen MR) is 99.3 cm³/mol. The Balaban J connectivity index is 0.00000242.